The van der Waals surface area contributed by atoms with Gasteiger partial charge in [0.2, 0.25) is 0 Å². The van der Waals surface area contributed by atoms with E-state index in [0.29, 0.717) is 19.4 Å². The smallest absolute Gasteiger partial charge is 0.303 e. The molecule has 0 saturated heterocycles. The van der Waals surface area contributed by atoms with Crippen molar-refractivity contribution in [1.29, 1.82) is 0 Å². The van der Waals surface area contributed by atoms with Gasteiger partial charge in [0.15, 0.2) is 0 Å². The Bertz CT molecular complexity index is 518. The molecule has 0 aromatic rings. The van der Waals surface area contributed by atoms with Crippen molar-refractivity contribution in [2.45, 2.75) is 129 Å². The number of rotatable bonds is 28. The van der Waals surface area contributed by atoms with Crippen molar-refractivity contribution in [3.63, 3.8) is 0 Å². The second-order valence-electron chi connectivity index (χ2n) is 9.24. The molecule has 8 nitrogen and oxygen atoms in total. The summed E-state index contributed by atoms with van der Waals surface area (Å²) in [7, 11) is -4.37. The molecule has 0 aromatic carbocycles. The van der Waals surface area contributed by atoms with Crippen LogP contribution in [-0.2, 0) is 27.9 Å². The van der Waals surface area contributed by atoms with Gasteiger partial charge in [-0.05, 0) is 19.3 Å². The summed E-state index contributed by atoms with van der Waals surface area (Å²) < 4.78 is 32.6. The Hall–Kier alpha value is -0.500. The maximum absolute atomic E-state index is 11.7. The van der Waals surface area contributed by atoms with E-state index in [4.69, 9.17) is 23.6 Å². The molecule has 35 heavy (non-hydrogen) atoms. The number of unbranched alkanes of at least 4 members (excludes halogenated alkanes) is 13. The molecule has 0 aliphatic rings. The fourth-order valence-electron chi connectivity index (χ4n) is 3.65. The molecule has 0 rings (SSSR count). The highest BCUT2D eigenvalue weighted by Crippen LogP contribution is 2.38. The third-order valence-corrected chi connectivity index (χ3v) is 6.67. The lowest BCUT2D eigenvalue weighted by molar-refractivity contribution is -0.228. The lowest BCUT2D eigenvalue weighted by Crippen LogP contribution is -2.27. The first kappa shape index (κ1) is 34.5. The fourth-order valence-corrected chi connectivity index (χ4v) is 4.48. The first-order valence-electron chi connectivity index (χ1n) is 13.9. The molecule has 0 heterocycles. The minimum Gasteiger partial charge on any atom is -0.756 e. The van der Waals surface area contributed by atoms with Crippen LogP contribution in [0, 0.1) is 0 Å². The molecule has 0 aliphatic heterocycles. The summed E-state index contributed by atoms with van der Waals surface area (Å²) in [5, 5.41) is 8.73. The van der Waals surface area contributed by atoms with Crippen LogP contribution in [0.3, 0.4) is 0 Å². The molecule has 2 atom stereocenters. The standard InChI is InChI=1S/C26H53O8P/c1-3-5-6-7-8-9-10-11-12-13-14-15-16-17-21-31-23-25(32-22-18-19-26(27)28)24-34-35(29,30)33-20-4-2/h25H,3-24H2,1-2H3,(H,27,28)(H,29,30)/p-1. The van der Waals surface area contributed by atoms with Gasteiger partial charge in [0.05, 0.1) is 19.8 Å². The molecule has 0 aliphatic carbocycles. The molecule has 0 bridgehead atoms. The van der Waals surface area contributed by atoms with Crippen LogP contribution >= 0.6 is 7.82 Å². The van der Waals surface area contributed by atoms with Gasteiger partial charge in [-0.15, -0.1) is 0 Å². The van der Waals surface area contributed by atoms with Gasteiger partial charge in [-0.3, -0.25) is 9.36 Å². The number of hydrogen-bond acceptors (Lipinski definition) is 7. The molecule has 0 radical (unpaired) electrons. The minimum absolute atomic E-state index is 0.00680. The van der Waals surface area contributed by atoms with Crippen LogP contribution in [-0.4, -0.2) is 50.2 Å². The highest BCUT2D eigenvalue weighted by atomic mass is 31.2. The van der Waals surface area contributed by atoms with Gasteiger partial charge in [0.25, 0.3) is 7.82 Å². The van der Waals surface area contributed by atoms with Gasteiger partial charge in [-0.25, -0.2) is 0 Å². The van der Waals surface area contributed by atoms with Gasteiger partial charge in [-0.1, -0.05) is 97.3 Å². The van der Waals surface area contributed by atoms with E-state index in [9.17, 15) is 14.3 Å². The van der Waals surface area contributed by atoms with Crippen molar-refractivity contribution >= 4 is 13.8 Å². The van der Waals surface area contributed by atoms with Crippen LogP contribution in [0.5, 0.6) is 0 Å². The number of carbonyl (C=O) groups is 1. The Kier molecular flexibility index (Phi) is 24.8. The van der Waals surface area contributed by atoms with Crippen LogP contribution < -0.4 is 4.89 Å². The number of hydrogen-bond donors (Lipinski definition) is 1. The van der Waals surface area contributed by atoms with E-state index in [1.807, 2.05) is 0 Å². The first-order chi connectivity index (χ1) is 16.9. The molecule has 9 heteroatoms. The average molecular weight is 524 g/mol. The fraction of sp³-hybridized carbons (Fsp3) is 0.962. The van der Waals surface area contributed by atoms with Gasteiger partial charge in [0, 0.05) is 19.6 Å². The largest absolute Gasteiger partial charge is 0.756 e. The summed E-state index contributed by atoms with van der Waals surface area (Å²) in [4.78, 5) is 22.4. The number of carboxylic acids is 1. The Morgan fingerprint density at radius 1 is 0.714 bits per heavy atom. The van der Waals surface area contributed by atoms with E-state index >= 15 is 0 Å². The van der Waals surface area contributed by atoms with Crippen LogP contribution in [0.4, 0.5) is 0 Å². The zero-order chi connectivity index (χ0) is 26.0. The van der Waals surface area contributed by atoms with Crippen LogP contribution in [0.2, 0.25) is 0 Å². The van der Waals surface area contributed by atoms with E-state index in [0.717, 1.165) is 12.8 Å². The maximum atomic E-state index is 11.7. The topological polar surface area (TPSA) is 114 Å². The number of carboxylic acid groups (broad SMARTS) is 1. The number of ether oxygens (including phenoxy) is 2. The normalized spacial score (nSPS) is 14.1. The van der Waals surface area contributed by atoms with Crippen molar-refractivity contribution in [3.8, 4) is 0 Å². The monoisotopic (exact) mass is 523 g/mol. The highest BCUT2D eigenvalue weighted by Gasteiger charge is 2.16. The van der Waals surface area contributed by atoms with Gasteiger partial charge >= 0.3 is 5.97 Å². The maximum Gasteiger partial charge on any atom is 0.303 e. The molecule has 0 aromatic heterocycles. The Morgan fingerprint density at radius 3 is 1.77 bits per heavy atom. The van der Waals surface area contributed by atoms with Crippen molar-refractivity contribution in [3.05, 3.63) is 0 Å². The first-order valence-corrected chi connectivity index (χ1v) is 15.4. The number of aliphatic carboxylic acids is 1. The predicted molar refractivity (Wildman–Crippen MR) is 138 cm³/mol. The number of phosphoric acid groups is 1. The van der Waals surface area contributed by atoms with Crippen molar-refractivity contribution in [1.82, 2.24) is 0 Å². The molecule has 1 N–H and O–H groups in total. The highest BCUT2D eigenvalue weighted by molar-refractivity contribution is 7.45. The second kappa shape index (κ2) is 25.2. The molecule has 210 valence electrons. The third-order valence-electron chi connectivity index (χ3n) is 5.71. The molecule has 2 unspecified atom stereocenters. The molecule has 0 amide bonds. The van der Waals surface area contributed by atoms with Gasteiger partial charge in [0.1, 0.15) is 6.10 Å². The summed E-state index contributed by atoms with van der Waals surface area (Å²) in [6.45, 7) is 4.89. The summed E-state index contributed by atoms with van der Waals surface area (Å²) in [6.07, 6.45) is 18.4. The van der Waals surface area contributed by atoms with Crippen LogP contribution in [0.25, 0.3) is 0 Å². The number of phosphoric ester groups is 1. The predicted octanol–water partition coefficient (Wildman–Crippen LogP) is 6.65. The van der Waals surface area contributed by atoms with E-state index in [-0.39, 0.29) is 32.8 Å². The van der Waals surface area contributed by atoms with E-state index in [1.54, 1.807) is 6.92 Å². The molecular formula is C26H52O8P-. The van der Waals surface area contributed by atoms with Crippen molar-refractivity contribution in [2.75, 3.05) is 33.0 Å². The Balaban J connectivity index is 3.81. The van der Waals surface area contributed by atoms with Gasteiger partial charge < -0.3 is 28.5 Å². The summed E-state index contributed by atoms with van der Waals surface area (Å²) in [5.41, 5.74) is 0. The molecule has 0 saturated carbocycles. The van der Waals surface area contributed by atoms with E-state index in [2.05, 4.69) is 6.92 Å². The molecule has 0 spiro atoms. The average Bonchev–Trinajstić information content (AvgIpc) is 2.82. The van der Waals surface area contributed by atoms with E-state index < -0.39 is 19.9 Å². The lowest BCUT2D eigenvalue weighted by Gasteiger charge is -2.25. The molecule has 0 fully saturated rings. The zero-order valence-electron chi connectivity index (χ0n) is 22.4. The van der Waals surface area contributed by atoms with Crippen LogP contribution in [0.15, 0.2) is 0 Å². The van der Waals surface area contributed by atoms with Crippen molar-refractivity contribution in [2.24, 2.45) is 0 Å². The minimum atomic E-state index is -4.37. The summed E-state index contributed by atoms with van der Waals surface area (Å²) >= 11 is 0. The Morgan fingerprint density at radius 2 is 1.26 bits per heavy atom. The van der Waals surface area contributed by atoms with Crippen molar-refractivity contribution < 1.29 is 37.9 Å². The Labute approximate surface area is 214 Å². The SMILES string of the molecule is CCCCCCCCCCCCCCCCOCC(COP(=O)([O-])OCCC)OCCCC(=O)O. The van der Waals surface area contributed by atoms with Gasteiger partial charge in [-0.2, -0.15) is 0 Å². The quantitative estimate of drug-likeness (QED) is 0.0896. The van der Waals surface area contributed by atoms with E-state index in [1.165, 1.54) is 77.0 Å². The molecular weight excluding hydrogens is 471 g/mol. The summed E-state index contributed by atoms with van der Waals surface area (Å²) in [6, 6.07) is 0. The third kappa shape index (κ3) is 26.4. The zero-order valence-corrected chi connectivity index (χ0v) is 23.3. The second-order valence-corrected chi connectivity index (χ2v) is 10.6. The lowest BCUT2D eigenvalue weighted by atomic mass is 10.0. The van der Waals surface area contributed by atoms with Crippen LogP contribution in [0.1, 0.15) is 123 Å². The summed E-state index contributed by atoms with van der Waals surface area (Å²) in [5.74, 6) is -0.896.